The number of hydrogen-bond acceptors (Lipinski definition) is 0. The Morgan fingerprint density at radius 2 is 1.75 bits per heavy atom. The van der Waals surface area contributed by atoms with E-state index in [1.807, 2.05) is 0 Å². The largest absolute Gasteiger partial charge is 0.0996 e. The second-order valence-electron chi connectivity index (χ2n) is 9.67. The average Bonchev–Trinajstić information content (AvgIpc) is 2.58. The summed E-state index contributed by atoms with van der Waals surface area (Å²) < 4.78 is 0. The van der Waals surface area contributed by atoms with Gasteiger partial charge in [-0.15, -0.1) is 0 Å². The molecule has 0 N–H and O–H groups in total. The molecular weight excluding hydrogens is 240 g/mol. The van der Waals surface area contributed by atoms with Crippen LogP contribution in [0.2, 0.25) is 0 Å². The highest BCUT2D eigenvalue weighted by Crippen LogP contribution is 2.72. The molecule has 4 aliphatic rings. The van der Waals surface area contributed by atoms with Gasteiger partial charge in [-0.3, -0.25) is 0 Å². The predicted octanol–water partition coefficient (Wildman–Crippen LogP) is 5.98. The predicted molar refractivity (Wildman–Crippen MR) is 85.5 cm³/mol. The zero-order valence-corrected chi connectivity index (χ0v) is 13.8. The number of hydrogen-bond donors (Lipinski definition) is 0. The first-order valence-electron chi connectivity index (χ1n) is 9.05. The van der Waals surface area contributed by atoms with Gasteiger partial charge in [0.15, 0.2) is 0 Å². The molecule has 0 aromatic carbocycles. The fourth-order valence-electron chi connectivity index (χ4n) is 7.68. The van der Waals surface area contributed by atoms with Crippen molar-refractivity contribution >= 4 is 0 Å². The van der Waals surface area contributed by atoms with Gasteiger partial charge in [-0.1, -0.05) is 39.3 Å². The summed E-state index contributed by atoms with van der Waals surface area (Å²) in [5, 5.41) is 0. The van der Waals surface area contributed by atoms with Crippen LogP contribution in [0.15, 0.2) is 12.2 Å². The van der Waals surface area contributed by atoms with Crippen molar-refractivity contribution < 1.29 is 0 Å². The van der Waals surface area contributed by atoms with Crippen LogP contribution in [0.3, 0.4) is 0 Å². The van der Waals surface area contributed by atoms with E-state index in [0.717, 1.165) is 17.8 Å². The smallest absolute Gasteiger partial charge is 0.0200 e. The Bertz CT molecular complexity index is 445. The first-order valence-corrected chi connectivity index (χ1v) is 9.05. The molecule has 4 aliphatic carbocycles. The van der Waals surface area contributed by atoms with Gasteiger partial charge < -0.3 is 0 Å². The Kier molecular flexibility index (Phi) is 2.63. The van der Waals surface area contributed by atoms with E-state index in [9.17, 15) is 0 Å². The zero-order valence-electron chi connectivity index (χ0n) is 13.8. The first-order chi connectivity index (χ1) is 9.37. The highest BCUT2D eigenvalue weighted by Gasteiger charge is 2.62. The summed E-state index contributed by atoms with van der Waals surface area (Å²) in [4.78, 5) is 0. The minimum atomic E-state index is 0.584. The van der Waals surface area contributed by atoms with Crippen LogP contribution in [0.4, 0.5) is 0 Å². The van der Waals surface area contributed by atoms with E-state index in [-0.39, 0.29) is 0 Å². The van der Waals surface area contributed by atoms with E-state index in [2.05, 4.69) is 27.4 Å². The second-order valence-corrected chi connectivity index (χ2v) is 9.67. The Morgan fingerprint density at radius 3 is 2.55 bits per heavy atom. The van der Waals surface area contributed by atoms with Gasteiger partial charge in [-0.25, -0.2) is 0 Å². The molecule has 20 heavy (non-hydrogen) atoms. The van der Waals surface area contributed by atoms with Crippen LogP contribution in [-0.4, -0.2) is 0 Å². The van der Waals surface area contributed by atoms with Crippen molar-refractivity contribution in [3.8, 4) is 0 Å². The fourth-order valence-corrected chi connectivity index (χ4v) is 7.68. The minimum Gasteiger partial charge on any atom is -0.0996 e. The third-order valence-electron chi connectivity index (χ3n) is 8.36. The Labute approximate surface area is 125 Å². The third kappa shape index (κ3) is 1.54. The molecule has 0 nitrogen and oxygen atoms in total. The lowest BCUT2D eigenvalue weighted by atomic mass is 9.41. The highest BCUT2D eigenvalue weighted by molar-refractivity contribution is 5.22. The van der Waals surface area contributed by atoms with Crippen LogP contribution in [0.25, 0.3) is 0 Å². The molecule has 4 saturated carbocycles. The molecule has 0 aromatic heterocycles. The Morgan fingerprint density at radius 1 is 0.950 bits per heavy atom. The topological polar surface area (TPSA) is 0 Å². The molecule has 112 valence electrons. The standard InChI is InChI=1S/C20H32/c1-14-12-20-11-8-16-18(2,3)9-5-10-19(16,4)17(20)7-6-15(14)13-20/h15-17H,1,5-13H2,2-4H3/t15-,16+,17+,19-,20-/m1/s1. The lowest BCUT2D eigenvalue weighted by molar-refractivity contribution is -0.144. The molecule has 4 rings (SSSR count). The van der Waals surface area contributed by atoms with Crippen LogP contribution in [-0.2, 0) is 0 Å². The summed E-state index contributed by atoms with van der Waals surface area (Å²) >= 11 is 0. The minimum absolute atomic E-state index is 0.584. The Hall–Kier alpha value is -0.260. The van der Waals surface area contributed by atoms with Crippen LogP contribution >= 0.6 is 0 Å². The zero-order chi connectivity index (χ0) is 14.2. The summed E-state index contributed by atoms with van der Waals surface area (Å²) in [6.45, 7) is 12.2. The first kappa shape index (κ1) is 13.4. The van der Waals surface area contributed by atoms with Gasteiger partial charge >= 0.3 is 0 Å². The van der Waals surface area contributed by atoms with Crippen LogP contribution in [0, 0.1) is 34.0 Å². The van der Waals surface area contributed by atoms with E-state index in [1.54, 1.807) is 5.57 Å². The maximum Gasteiger partial charge on any atom is -0.0200 e. The molecule has 0 heteroatoms. The maximum absolute atomic E-state index is 4.44. The van der Waals surface area contributed by atoms with Crippen LogP contribution in [0.1, 0.15) is 78.6 Å². The summed E-state index contributed by atoms with van der Waals surface area (Å²) in [5.74, 6) is 2.87. The molecular formula is C20H32. The lowest BCUT2D eigenvalue weighted by Crippen LogP contribution is -2.55. The number of fused-ring (bicyclic) bond motifs is 3. The summed E-state index contributed by atoms with van der Waals surface area (Å²) in [5.41, 5.74) is 3.51. The third-order valence-corrected chi connectivity index (χ3v) is 8.36. The molecule has 5 atom stereocenters. The van der Waals surface area contributed by atoms with Gasteiger partial charge in [0, 0.05) is 0 Å². The van der Waals surface area contributed by atoms with Gasteiger partial charge in [0.25, 0.3) is 0 Å². The van der Waals surface area contributed by atoms with Gasteiger partial charge in [-0.2, -0.15) is 0 Å². The highest BCUT2D eigenvalue weighted by atomic mass is 14.7. The molecule has 0 saturated heterocycles. The van der Waals surface area contributed by atoms with Crippen molar-refractivity contribution in [3.05, 3.63) is 12.2 Å². The van der Waals surface area contributed by atoms with Crippen molar-refractivity contribution in [2.45, 2.75) is 78.6 Å². The summed E-state index contributed by atoms with van der Waals surface area (Å²) in [6, 6.07) is 0. The normalized spacial score (nSPS) is 53.4. The molecule has 0 amide bonds. The van der Waals surface area contributed by atoms with E-state index in [4.69, 9.17) is 0 Å². The molecule has 0 aliphatic heterocycles. The molecule has 4 fully saturated rings. The number of rotatable bonds is 0. The van der Waals surface area contributed by atoms with Crippen molar-refractivity contribution in [3.63, 3.8) is 0 Å². The van der Waals surface area contributed by atoms with Crippen LogP contribution < -0.4 is 0 Å². The average molecular weight is 272 g/mol. The monoisotopic (exact) mass is 272 g/mol. The lowest BCUT2D eigenvalue weighted by Gasteiger charge is -2.64. The van der Waals surface area contributed by atoms with Crippen molar-refractivity contribution in [2.24, 2.45) is 34.0 Å². The molecule has 1 spiro atoms. The van der Waals surface area contributed by atoms with E-state index < -0.39 is 0 Å². The molecule has 0 heterocycles. The van der Waals surface area contributed by atoms with Gasteiger partial charge in [0.05, 0.1) is 0 Å². The Balaban J connectivity index is 1.74. The van der Waals surface area contributed by atoms with Gasteiger partial charge in [0.1, 0.15) is 0 Å². The quantitative estimate of drug-likeness (QED) is 0.476. The van der Waals surface area contributed by atoms with E-state index in [1.165, 1.54) is 57.8 Å². The molecule has 0 aromatic rings. The number of allylic oxidation sites excluding steroid dienone is 1. The second kappa shape index (κ2) is 3.93. The van der Waals surface area contributed by atoms with Gasteiger partial charge in [-0.05, 0) is 85.4 Å². The van der Waals surface area contributed by atoms with Crippen molar-refractivity contribution in [1.82, 2.24) is 0 Å². The molecule has 0 unspecified atom stereocenters. The summed E-state index contributed by atoms with van der Waals surface area (Å²) in [7, 11) is 0. The SMILES string of the molecule is C=C1C[C@@]23CC[C@H]4C(C)(C)CCC[C@@]4(C)[C@@H]2CC[C@@H]1C3. The van der Waals surface area contributed by atoms with E-state index >= 15 is 0 Å². The van der Waals surface area contributed by atoms with Gasteiger partial charge in [0.2, 0.25) is 0 Å². The van der Waals surface area contributed by atoms with Crippen molar-refractivity contribution in [2.75, 3.05) is 0 Å². The van der Waals surface area contributed by atoms with Crippen molar-refractivity contribution in [1.29, 1.82) is 0 Å². The van der Waals surface area contributed by atoms with E-state index in [0.29, 0.717) is 16.2 Å². The fraction of sp³-hybridized carbons (Fsp3) is 0.900. The maximum atomic E-state index is 4.44. The summed E-state index contributed by atoms with van der Waals surface area (Å²) in [6.07, 6.45) is 13.3. The molecule has 0 radical (unpaired) electrons. The van der Waals surface area contributed by atoms with Crippen LogP contribution in [0.5, 0.6) is 0 Å². The molecule has 2 bridgehead atoms.